The number of allylic oxidation sites excluding steroid dienone is 4. The third-order valence-electron chi connectivity index (χ3n) is 4.34. The van der Waals surface area contributed by atoms with Crippen LogP contribution in [-0.4, -0.2) is 36.5 Å². The minimum Gasteiger partial charge on any atom is -0.352 e. The number of piperidine rings is 1. The van der Waals surface area contributed by atoms with Crippen molar-refractivity contribution in [2.45, 2.75) is 18.9 Å². The van der Waals surface area contributed by atoms with Crippen molar-refractivity contribution in [3.05, 3.63) is 34.6 Å². The predicted octanol–water partition coefficient (Wildman–Crippen LogP) is 1.37. The third-order valence-corrected chi connectivity index (χ3v) is 5.31. The molecule has 3 aliphatic heterocycles. The average molecular weight is 300 g/mol. The van der Waals surface area contributed by atoms with E-state index in [4.69, 9.17) is 0 Å². The molecule has 0 aromatic rings. The number of nitrogens with zero attached hydrogens (tertiary/aromatic N) is 2. The summed E-state index contributed by atoms with van der Waals surface area (Å²) in [6, 6.07) is 0.233. The molecule has 0 radical (unpaired) electrons. The van der Waals surface area contributed by atoms with E-state index in [9.17, 15) is 4.79 Å². The van der Waals surface area contributed by atoms with Gasteiger partial charge in [0.25, 0.3) is 0 Å². The Kier molecular flexibility index (Phi) is 3.08. The van der Waals surface area contributed by atoms with Crippen LogP contribution < -0.4 is 10.6 Å². The number of nitrogens with one attached hydrogen (secondary N) is 2. The van der Waals surface area contributed by atoms with Gasteiger partial charge in [-0.3, -0.25) is 4.79 Å². The van der Waals surface area contributed by atoms with Crippen molar-refractivity contribution in [2.24, 2.45) is 15.6 Å². The molecule has 1 saturated heterocycles. The predicted molar refractivity (Wildman–Crippen MR) is 85.3 cm³/mol. The summed E-state index contributed by atoms with van der Waals surface area (Å²) in [4.78, 5) is 14.1. The molecule has 4 aliphatic rings. The average Bonchev–Trinajstić information content (AvgIpc) is 2.90. The van der Waals surface area contributed by atoms with Gasteiger partial charge in [-0.15, -0.1) is 11.8 Å². The number of amides is 1. The molecule has 1 fully saturated rings. The highest BCUT2D eigenvalue weighted by Gasteiger charge is 2.54. The van der Waals surface area contributed by atoms with E-state index in [1.54, 1.807) is 11.8 Å². The Hall–Kier alpha value is -1.66. The summed E-state index contributed by atoms with van der Waals surface area (Å²) < 4.78 is 0. The number of hydrogen-bond donors (Lipinski definition) is 2. The minimum atomic E-state index is -0.807. The van der Waals surface area contributed by atoms with Crippen molar-refractivity contribution < 1.29 is 4.79 Å². The molecule has 0 bridgehead atoms. The summed E-state index contributed by atoms with van der Waals surface area (Å²) in [5, 5.41) is 17.0. The fourth-order valence-electron chi connectivity index (χ4n) is 3.21. The van der Waals surface area contributed by atoms with Crippen molar-refractivity contribution in [3.63, 3.8) is 0 Å². The number of hydrogen-bond acceptors (Lipinski definition) is 5. The maximum atomic E-state index is 13.1. The first kappa shape index (κ1) is 13.0. The summed E-state index contributed by atoms with van der Waals surface area (Å²) in [7, 11) is 0. The first-order valence-corrected chi connectivity index (χ1v) is 8.10. The number of thioether (sulfide) groups is 1. The molecular weight excluding hydrogens is 284 g/mol. The zero-order valence-electron chi connectivity index (χ0n) is 11.5. The Morgan fingerprint density at radius 2 is 2.05 bits per heavy atom. The minimum absolute atomic E-state index is 0.0110. The van der Waals surface area contributed by atoms with Gasteiger partial charge in [-0.05, 0) is 43.5 Å². The standard InChI is InChI=1S/C15H16N4OS/c20-14(17-10-4-7-16-8-5-10)15-11-2-1-3-13(15)21-9-6-12(15)19-18-11/h1-3,6,9-10,16H,4-5,7-8H2,(H,17,20). The highest BCUT2D eigenvalue weighted by Crippen LogP contribution is 2.47. The van der Waals surface area contributed by atoms with E-state index in [-0.39, 0.29) is 11.9 Å². The van der Waals surface area contributed by atoms with Crippen molar-refractivity contribution in [1.82, 2.24) is 10.6 Å². The van der Waals surface area contributed by atoms with E-state index in [0.717, 1.165) is 42.3 Å². The van der Waals surface area contributed by atoms with Crippen molar-refractivity contribution in [2.75, 3.05) is 13.1 Å². The first-order valence-electron chi connectivity index (χ1n) is 7.22. The summed E-state index contributed by atoms with van der Waals surface area (Å²) in [6.45, 7) is 1.91. The van der Waals surface area contributed by atoms with Crippen LogP contribution in [0.15, 0.2) is 44.8 Å². The monoisotopic (exact) mass is 300 g/mol. The molecule has 0 saturated carbocycles. The van der Waals surface area contributed by atoms with E-state index in [0.29, 0.717) is 0 Å². The van der Waals surface area contributed by atoms with Gasteiger partial charge in [0.05, 0.1) is 11.4 Å². The Labute approximate surface area is 127 Å². The lowest BCUT2D eigenvalue weighted by atomic mass is 9.74. The van der Waals surface area contributed by atoms with Gasteiger partial charge in [-0.2, -0.15) is 10.2 Å². The molecule has 5 nitrogen and oxygen atoms in total. The molecule has 21 heavy (non-hydrogen) atoms. The van der Waals surface area contributed by atoms with Crippen LogP contribution in [0.4, 0.5) is 0 Å². The van der Waals surface area contributed by atoms with Gasteiger partial charge < -0.3 is 10.6 Å². The number of carbonyl (C=O) groups excluding carboxylic acids is 1. The lowest BCUT2D eigenvalue weighted by Gasteiger charge is -2.36. The summed E-state index contributed by atoms with van der Waals surface area (Å²) in [5.74, 6) is 0.0110. The molecule has 1 unspecified atom stereocenters. The van der Waals surface area contributed by atoms with E-state index < -0.39 is 5.41 Å². The van der Waals surface area contributed by atoms with Crippen LogP contribution in [-0.2, 0) is 4.79 Å². The largest absolute Gasteiger partial charge is 0.352 e. The second-order valence-electron chi connectivity index (χ2n) is 5.53. The van der Waals surface area contributed by atoms with Gasteiger partial charge >= 0.3 is 0 Å². The number of carbonyl (C=O) groups is 1. The first-order chi connectivity index (χ1) is 10.3. The topological polar surface area (TPSA) is 65.8 Å². The van der Waals surface area contributed by atoms with Crippen molar-refractivity contribution in [3.8, 4) is 0 Å². The second-order valence-corrected chi connectivity index (χ2v) is 6.48. The van der Waals surface area contributed by atoms with Crippen LogP contribution in [0.2, 0.25) is 0 Å². The van der Waals surface area contributed by atoms with Crippen LogP contribution in [0.1, 0.15) is 12.8 Å². The van der Waals surface area contributed by atoms with E-state index >= 15 is 0 Å². The van der Waals surface area contributed by atoms with Gasteiger partial charge in [0.15, 0.2) is 5.41 Å². The maximum Gasteiger partial charge on any atom is 0.243 e. The highest BCUT2D eigenvalue weighted by molar-refractivity contribution is 8.06. The molecule has 2 N–H and O–H groups in total. The van der Waals surface area contributed by atoms with Crippen LogP contribution >= 0.6 is 11.8 Å². The third kappa shape index (κ3) is 1.86. The van der Waals surface area contributed by atoms with Crippen molar-refractivity contribution in [1.29, 1.82) is 0 Å². The molecule has 1 atom stereocenters. The molecule has 0 spiro atoms. The number of rotatable bonds is 2. The van der Waals surface area contributed by atoms with Gasteiger partial charge in [-0.1, -0.05) is 12.2 Å². The smallest absolute Gasteiger partial charge is 0.243 e. The van der Waals surface area contributed by atoms with Crippen LogP contribution in [0.5, 0.6) is 0 Å². The summed E-state index contributed by atoms with van der Waals surface area (Å²) in [5.41, 5.74) is 0.663. The Morgan fingerprint density at radius 3 is 2.86 bits per heavy atom. The lowest BCUT2D eigenvalue weighted by Crippen LogP contribution is -2.55. The Bertz CT molecular complexity index is 640. The van der Waals surface area contributed by atoms with Crippen molar-refractivity contribution >= 4 is 29.1 Å². The molecule has 0 aromatic carbocycles. The quantitative estimate of drug-likeness (QED) is 0.809. The molecule has 6 heteroatoms. The summed E-state index contributed by atoms with van der Waals surface area (Å²) >= 11 is 1.58. The molecule has 1 aliphatic carbocycles. The summed E-state index contributed by atoms with van der Waals surface area (Å²) in [6.07, 6.45) is 9.67. The van der Waals surface area contributed by atoms with Gasteiger partial charge in [0.1, 0.15) is 0 Å². The van der Waals surface area contributed by atoms with Crippen LogP contribution in [0.3, 0.4) is 0 Å². The lowest BCUT2D eigenvalue weighted by molar-refractivity contribution is -0.124. The molecule has 0 aromatic heterocycles. The molecule has 1 amide bonds. The molecule has 108 valence electrons. The fourth-order valence-corrected chi connectivity index (χ4v) is 4.19. The zero-order chi connectivity index (χ0) is 14.3. The van der Waals surface area contributed by atoms with Gasteiger partial charge in [-0.25, -0.2) is 0 Å². The van der Waals surface area contributed by atoms with E-state index in [1.807, 2.05) is 29.7 Å². The Morgan fingerprint density at radius 1 is 1.29 bits per heavy atom. The fraction of sp³-hybridized carbons (Fsp3) is 0.400. The van der Waals surface area contributed by atoms with Gasteiger partial charge in [0, 0.05) is 10.9 Å². The zero-order valence-corrected chi connectivity index (χ0v) is 12.3. The van der Waals surface area contributed by atoms with E-state index in [1.165, 1.54) is 0 Å². The normalized spacial score (nSPS) is 30.4. The SMILES string of the molecule is O=C(NC1CCNCC1)C12C3=CC=CC1=NN=C2C=CS3. The molecule has 4 rings (SSSR count). The molecule has 3 heterocycles. The Balaban J connectivity index is 1.68. The highest BCUT2D eigenvalue weighted by atomic mass is 32.2. The van der Waals surface area contributed by atoms with Crippen LogP contribution in [0, 0.1) is 5.41 Å². The second kappa shape index (κ2) is 4.96. The van der Waals surface area contributed by atoms with Crippen LogP contribution in [0.25, 0.3) is 0 Å². The maximum absolute atomic E-state index is 13.1. The van der Waals surface area contributed by atoms with Gasteiger partial charge in [0.2, 0.25) is 5.91 Å². The molecular formula is C15H16N4OS. The van der Waals surface area contributed by atoms with E-state index in [2.05, 4.69) is 20.8 Å².